The van der Waals surface area contributed by atoms with E-state index in [-0.39, 0.29) is 6.03 Å². The zero-order valence-electron chi connectivity index (χ0n) is 14.0. The first-order chi connectivity index (χ1) is 12.2. The highest BCUT2D eigenvalue weighted by molar-refractivity contribution is 5.78. The third-order valence-electron chi connectivity index (χ3n) is 4.43. The summed E-state index contributed by atoms with van der Waals surface area (Å²) in [5.74, 6) is 0.738. The van der Waals surface area contributed by atoms with Crippen molar-refractivity contribution in [2.24, 2.45) is 0 Å². The van der Waals surface area contributed by atoms with Gasteiger partial charge in [-0.3, -0.25) is 0 Å². The summed E-state index contributed by atoms with van der Waals surface area (Å²) in [5.41, 5.74) is 5.42. The number of benzene rings is 2. The molecule has 0 radical (unpaired) electrons. The second-order valence-electron chi connectivity index (χ2n) is 6.26. The maximum Gasteiger partial charge on any atom is 0.318 e. The van der Waals surface area contributed by atoms with Gasteiger partial charge in [0.15, 0.2) is 0 Å². The predicted octanol–water partition coefficient (Wildman–Crippen LogP) is 3.88. The van der Waals surface area contributed by atoms with Gasteiger partial charge >= 0.3 is 6.03 Å². The second-order valence-corrected chi connectivity index (χ2v) is 6.26. The number of aryl methyl sites for hydroxylation is 1. The quantitative estimate of drug-likeness (QED) is 0.774. The number of carbonyl (C=O) groups is 1. The second kappa shape index (κ2) is 6.43. The van der Waals surface area contributed by atoms with E-state index in [9.17, 15) is 4.79 Å². The molecule has 2 heterocycles. The highest BCUT2D eigenvalue weighted by atomic mass is 16.5. The summed E-state index contributed by atoms with van der Waals surface area (Å²) in [6, 6.07) is 18.2. The van der Waals surface area contributed by atoms with Crippen molar-refractivity contribution < 1.29 is 9.32 Å². The molecular weight excluding hydrogens is 314 g/mol. The summed E-state index contributed by atoms with van der Waals surface area (Å²) in [5, 5.41) is 6.85. The summed E-state index contributed by atoms with van der Waals surface area (Å²) >= 11 is 0. The van der Waals surface area contributed by atoms with Crippen LogP contribution in [0.5, 0.6) is 0 Å². The van der Waals surface area contributed by atoms with Gasteiger partial charge in [-0.25, -0.2) is 4.79 Å². The Labute approximate surface area is 146 Å². The van der Waals surface area contributed by atoms with Gasteiger partial charge in [-0.15, -0.1) is 0 Å². The minimum atomic E-state index is -0.104. The molecule has 0 bridgehead atoms. The molecule has 0 fully saturated rings. The smallest absolute Gasteiger partial charge is 0.318 e. The van der Waals surface area contributed by atoms with Crippen LogP contribution in [0.3, 0.4) is 0 Å². The van der Waals surface area contributed by atoms with Gasteiger partial charge in [-0.1, -0.05) is 53.7 Å². The first kappa shape index (κ1) is 15.4. The number of hydrogen-bond donors (Lipinski definition) is 1. The molecule has 1 N–H and O–H groups in total. The fraction of sp³-hybridized carbons (Fsp3) is 0.200. The number of amides is 2. The summed E-state index contributed by atoms with van der Waals surface area (Å²) < 4.78 is 5.04. The van der Waals surface area contributed by atoms with E-state index < -0.39 is 0 Å². The van der Waals surface area contributed by atoms with Crippen LogP contribution in [0.2, 0.25) is 0 Å². The van der Waals surface area contributed by atoms with Gasteiger partial charge in [0.1, 0.15) is 11.5 Å². The van der Waals surface area contributed by atoms with Gasteiger partial charge in [-0.05, 0) is 29.2 Å². The van der Waals surface area contributed by atoms with Gasteiger partial charge in [0.2, 0.25) is 0 Å². The summed E-state index contributed by atoms with van der Waals surface area (Å²) in [6.07, 6.45) is 0. The third kappa shape index (κ3) is 3.13. The van der Waals surface area contributed by atoms with Crippen LogP contribution in [0, 0.1) is 6.92 Å². The predicted molar refractivity (Wildman–Crippen MR) is 94.6 cm³/mol. The largest absolute Gasteiger partial charge is 0.361 e. The van der Waals surface area contributed by atoms with Crippen molar-refractivity contribution in [3.63, 3.8) is 0 Å². The average Bonchev–Trinajstić information content (AvgIpc) is 2.97. The molecule has 1 aliphatic rings. The van der Waals surface area contributed by atoms with E-state index in [0.717, 1.165) is 22.6 Å². The van der Waals surface area contributed by atoms with Crippen molar-refractivity contribution in [1.82, 2.24) is 15.4 Å². The van der Waals surface area contributed by atoms with Crippen LogP contribution in [0.4, 0.5) is 4.79 Å². The fourth-order valence-corrected chi connectivity index (χ4v) is 3.23. The molecule has 126 valence electrons. The Morgan fingerprint density at radius 2 is 1.68 bits per heavy atom. The van der Waals surface area contributed by atoms with E-state index in [0.29, 0.717) is 19.6 Å². The highest BCUT2D eigenvalue weighted by Crippen LogP contribution is 2.32. The van der Waals surface area contributed by atoms with E-state index in [4.69, 9.17) is 4.52 Å². The molecule has 0 saturated carbocycles. The topological polar surface area (TPSA) is 58.4 Å². The van der Waals surface area contributed by atoms with Crippen molar-refractivity contribution in [3.8, 4) is 11.1 Å². The van der Waals surface area contributed by atoms with Crippen molar-refractivity contribution in [2.45, 2.75) is 26.6 Å². The molecule has 2 amide bonds. The Morgan fingerprint density at radius 3 is 2.24 bits per heavy atom. The summed E-state index contributed by atoms with van der Waals surface area (Å²) in [6.45, 7) is 3.35. The van der Waals surface area contributed by atoms with E-state index >= 15 is 0 Å². The Balaban J connectivity index is 1.58. The number of aromatic nitrogens is 1. The molecule has 1 aliphatic heterocycles. The van der Waals surface area contributed by atoms with Gasteiger partial charge < -0.3 is 14.7 Å². The van der Waals surface area contributed by atoms with Crippen LogP contribution in [-0.2, 0) is 19.6 Å². The number of hydrogen-bond acceptors (Lipinski definition) is 3. The number of fused-ring (bicyclic) bond motifs is 3. The Bertz CT molecular complexity index is 869. The zero-order valence-corrected chi connectivity index (χ0v) is 14.0. The maximum atomic E-state index is 12.7. The number of urea groups is 1. The van der Waals surface area contributed by atoms with Crippen LogP contribution < -0.4 is 5.32 Å². The molecule has 0 saturated heterocycles. The lowest BCUT2D eigenvalue weighted by Crippen LogP contribution is -2.38. The van der Waals surface area contributed by atoms with Gasteiger partial charge in [0, 0.05) is 19.2 Å². The molecule has 5 heteroatoms. The third-order valence-corrected chi connectivity index (χ3v) is 4.43. The summed E-state index contributed by atoms with van der Waals surface area (Å²) in [4.78, 5) is 14.5. The molecule has 0 spiro atoms. The van der Waals surface area contributed by atoms with E-state index in [1.54, 1.807) is 0 Å². The fourth-order valence-electron chi connectivity index (χ4n) is 3.23. The lowest BCUT2D eigenvalue weighted by atomic mass is 9.97. The van der Waals surface area contributed by atoms with Crippen molar-refractivity contribution in [1.29, 1.82) is 0 Å². The van der Waals surface area contributed by atoms with Gasteiger partial charge in [-0.2, -0.15) is 0 Å². The molecule has 1 aromatic heterocycles. The molecule has 5 nitrogen and oxygen atoms in total. The first-order valence-electron chi connectivity index (χ1n) is 8.32. The number of nitrogens with one attached hydrogen (secondary N) is 1. The molecule has 2 aromatic carbocycles. The summed E-state index contributed by atoms with van der Waals surface area (Å²) in [7, 11) is 0. The normalized spacial score (nSPS) is 12.9. The highest BCUT2D eigenvalue weighted by Gasteiger charge is 2.22. The monoisotopic (exact) mass is 333 g/mol. The minimum Gasteiger partial charge on any atom is -0.361 e. The van der Waals surface area contributed by atoms with E-state index in [1.807, 2.05) is 42.2 Å². The Kier molecular flexibility index (Phi) is 3.98. The average molecular weight is 333 g/mol. The molecule has 25 heavy (non-hydrogen) atoms. The van der Waals surface area contributed by atoms with Crippen LogP contribution in [0.15, 0.2) is 59.1 Å². The lowest BCUT2D eigenvalue weighted by molar-refractivity contribution is 0.192. The first-order valence-corrected chi connectivity index (χ1v) is 8.32. The zero-order chi connectivity index (χ0) is 17.2. The molecule has 0 atom stereocenters. The van der Waals surface area contributed by atoms with Crippen LogP contribution >= 0.6 is 0 Å². The van der Waals surface area contributed by atoms with E-state index in [1.165, 1.54) is 11.1 Å². The van der Waals surface area contributed by atoms with Crippen LogP contribution in [-0.4, -0.2) is 16.1 Å². The molecular formula is C20H19N3O2. The van der Waals surface area contributed by atoms with Crippen molar-refractivity contribution in [2.75, 3.05) is 0 Å². The SMILES string of the molecule is Cc1cc(CNC(=O)N2Cc3ccccc3-c3ccccc3C2)no1. The minimum absolute atomic E-state index is 0.104. The van der Waals surface area contributed by atoms with Gasteiger partial charge in [0.25, 0.3) is 0 Å². The molecule has 3 aromatic rings. The molecule has 4 rings (SSSR count). The van der Waals surface area contributed by atoms with E-state index in [2.05, 4.69) is 34.7 Å². The van der Waals surface area contributed by atoms with Crippen LogP contribution in [0.1, 0.15) is 22.6 Å². The Hall–Kier alpha value is -3.08. The molecule has 0 unspecified atom stereocenters. The number of carbonyl (C=O) groups excluding carboxylic acids is 1. The molecule has 0 aliphatic carbocycles. The van der Waals surface area contributed by atoms with Gasteiger partial charge in [0.05, 0.1) is 6.54 Å². The standard InChI is InChI=1S/C20H19N3O2/c1-14-10-17(22-25-14)11-21-20(24)23-12-15-6-2-4-8-18(15)19-9-5-3-7-16(19)13-23/h2-10H,11-13H2,1H3,(H,21,24). The van der Waals surface area contributed by atoms with Crippen LogP contribution in [0.25, 0.3) is 11.1 Å². The maximum absolute atomic E-state index is 12.7. The number of rotatable bonds is 2. The lowest BCUT2D eigenvalue weighted by Gasteiger charge is -2.21. The van der Waals surface area contributed by atoms with Crippen molar-refractivity contribution >= 4 is 6.03 Å². The van der Waals surface area contributed by atoms with Crippen molar-refractivity contribution in [3.05, 3.63) is 77.2 Å². The Morgan fingerprint density at radius 1 is 1.08 bits per heavy atom. The number of nitrogens with zero attached hydrogens (tertiary/aromatic N) is 2.